The second-order valence-corrected chi connectivity index (χ2v) is 33.3. The number of nitrogens with two attached hydrogens (primary N) is 2. The average molecular weight is 2000 g/mol. The van der Waals surface area contributed by atoms with Gasteiger partial charge in [0.1, 0.15) is 79.7 Å². The van der Waals surface area contributed by atoms with Crippen LogP contribution in [0, 0.1) is 49.3 Å². The molecule has 26 nitrogen and oxygen atoms in total. The summed E-state index contributed by atoms with van der Waals surface area (Å²) >= 11 is 12.7. The molecular formula is C75H94Cl3F5I3KN18O8. The van der Waals surface area contributed by atoms with Gasteiger partial charge in [0.25, 0.3) is 1.45 Å². The van der Waals surface area contributed by atoms with E-state index in [0.717, 1.165) is 207 Å². The molecule has 6 aromatic heterocycles. The number of hydrogen-bond acceptors (Lipinski definition) is 22. The van der Waals surface area contributed by atoms with Crippen molar-refractivity contribution in [3.05, 3.63) is 122 Å². The Hall–Kier alpha value is -4.31. The molecule has 3 unspecified atom stereocenters. The van der Waals surface area contributed by atoms with Gasteiger partial charge < -0.3 is 69.8 Å². The fourth-order valence-electron chi connectivity index (χ4n) is 16.0. The minimum Gasteiger partial charge on any atom is -1.00 e. The Labute approximate surface area is 754 Å². The number of aromatic nitrogens is 12. The second-order valence-electron chi connectivity index (χ2n) is 29.9. The SMILES string of the molecule is C.Cc1nc2c(I)nn(C3CCCCO3)c2nc1Cl.Cc1nc2c(I)nn(C3CCCCO3)c2nc1N1CCC2(CC1)Oc1ccc(F)cc1[C@H]2N.Cc1nc2c(I)nn(C3CCCCO3)c2nc1N1CCC2(CC1)Oc1ccc(F)cc1[C@H]2NC(=O)OC(C)(C)C.Cl.Cl.N[C@@H]1c2cc(F)ccc2OC12CCNCC2.[2H]F.[F-].[K+]. The number of nitrogens with zero attached hydrogens (tertiary/aromatic N) is 14. The maximum atomic E-state index is 14.3. The average Bonchev–Trinajstić information content (AvgIpc) is 1.59. The monoisotopic (exact) mass is 2000 g/mol. The number of ether oxygens (including phenoxy) is 7. The van der Waals surface area contributed by atoms with Gasteiger partial charge in [-0.1, -0.05) is 19.0 Å². The van der Waals surface area contributed by atoms with Crippen molar-refractivity contribution in [2.75, 3.05) is 68.9 Å². The molecule has 0 aliphatic carbocycles. The van der Waals surface area contributed by atoms with Crippen molar-refractivity contribution in [2.45, 2.75) is 204 Å². The molecule has 0 radical (unpaired) electrons. The minimum atomic E-state index is -0.734. The molecular weight excluding hydrogens is 1900 g/mol. The van der Waals surface area contributed by atoms with Crippen LogP contribution in [-0.2, 0) is 18.9 Å². The Morgan fingerprint density at radius 2 is 0.929 bits per heavy atom. The van der Waals surface area contributed by atoms with E-state index in [0.29, 0.717) is 60.4 Å². The molecule has 1 amide bonds. The van der Waals surface area contributed by atoms with E-state index in [1.165, 1.54) is 36.4 Å². The smallest absolute Gasteiger partial charge is 1.00 e. The van der Waals surface area contributed by atoms with Gasteiger partial charge in [-0.15, -0.1) is 24.8 Å². The van der Waals surface area contributed by atoms with Crippen LogP contribution in [0.3, 0.4) is 0 Å². The van der Waals surface area contributed by atoms with Crippen LogP contribution >= 0.6 is 104 Å². The van der Waals surface area contributed by atoms with Gasteiger partial charge in [-0.05, 0) is 235 Å². The Balaban J connectivity index is 0.000000180. The van der Waals surface area contributed by atoms with Crippen LogP contribution in [-0.4, -0.2) is 148 Å². The van der Waals surface area contributed by atoms with Crippen LogP contribution in [0.1, 0.15) is 195 Å². The van der Waals surface area contributed by atoms with Gasteiger partial charge in [0, 0.05) is 101 Å². The molecule has 9 aromatic rings. The number of rotatable bonds is 6. The number of carbonyl (C=O) groups excluding carboxylic acids is 1. The molecule has 6 fully saturated rings. The van der Waals surface area contributed by atoms with E-state index in [9.17, 15) is 18.0 Å². The van der Waals surface area contributed by atoms with Crippen molar-refractivity contribution < 1.29 is 112 Å². The number of nitrogens with one attached hydrogen (secondary N) is 2. The van der Waals surface area contributed by atoms with E-state index in [2.05, 4.69) is 105 Å². The molecule has 15 heterocycles. The Morgan fingerprint density at radius 3 is 1.32 bits per heavy atom. The summed E-state index contributed by atoms with van der Waals surface area (Å²) < 4.78 is 104. The van der Waals surface area contributed by atoms with Crippen LogP contribution in [0.5, 0.6) is 17.2 Å². The van der Waals surface area contributed by atoms with Crippen molar-refractivity contribution >= 4 is 155 Å². The van der Waals surface area contributed by atoms with E-state index < -0.39 is 28.9 Å². The predicted octanol–water partition coefficient (Wildman–Crippen LogP) is 9.66. The first-order valence-electron chi connectivity index (χ1n) is 37.2. The summed E-state index contributed by atoms with van der Waals surface area (Å²) in [6, 6.07) is 12.6. The minimum absolute atomic E-state index is 0. The molecule has 0 bridgehead atoms. The van der Waals surface area contributed by atoms with Crippen LogP contribution in [0.15, 0.2) is 54.6 Å². The van der Waals surface area contributed by atoms with Crippen molar-refractivity contribution in [3.63, 3.8) is 0 Å². The summed E-state index contributed by atoms with van der Waals surface area (Å²) in [7, 11) is 0. The zero-order chi connectivity index (χ0) is 76.8. The maximum absolute atomic E-state index is 14.3. The van der Waals surface area contributed by atoms with Gasteiger partial charge in [0.15, 0.2) is 63.5 Å². The summed E-state index contributed by atoms with van der Waals surface area (Å²) in [5.74, 6) is 2.78. The summed E-state index contributed by atoms with van der Waals surface area (Å²) in [6.45, 7) is 18.0. The number of hydrogen-bond donors (Lipinski definition) is 4. The third-order valence-electron chi connectivity index (χ3n) is 21.6. The molecule has 0 saturated carbocycles. The molecule has 6 atom stereocenters. The first-order chi connectivity index (χ1) is 52.4. The molecule has 3 aromatic carbocycles. The molecule has 38 heteroatoms. The molecule has 610 valence electrons. The molecule has 6 saturated heterocycles. The fourth-order valence-corrected chi connectivity index (χ4v) is 18.0. The second kappa shape index (κ2) is 38.4. The number of halogens is 11. The van der Waals surface area contributed by atoms with E-state index in [1.807, 2.05) is 55.6 Å². The van der Waals surface area contributed by atoms with Crippen molar-refractivity contribution in [1.82, 2.24) is 69.9 Å². The zero-order valence-electron chi connectivity index (χ0n) is 64.0. The molecule has 9 aliphatic rings. The van der Waals surface area contributed by atoms with Crippen LogP contribution in [0.4, 0.5) is 34.3 Å². The molecule has 3 spiro atoms. The number of amides is 1. The standard InChI is InChI=1S/C28H34FIN6O4.C23H26FIN6O2.C12H15FN2O.C11H12ClIN4O.CH4.2ClH.2FH.K/c1-16-24(33-25-21(31-16)23(30)34-36(25)20-7-5-6-14-38-20)35-12-10-28(11-13-35)22(32-26(37)40-27(2,3)4)18-15-17(29)8-9-19(18)39-28;1-13-21(28-22-18(27-13)20(25)29-31(22)17-4-2-3-11-32-17)30-9-7-23(8-10-30)19(26)15-12-14(24)5-6-16(15)33-23;13-8-1-2-10-9(7-8)11(14)12(16-10)3-5-15-6-4-12;1-6-9(12)15-11-8(14-6)10(13)16-17(11)7-4-2-3-5-18-7;;;;;;/h8-9,15,20,22H,5-7,10-14H2,1-4H3,(H,32,37);5-6,12,17,19H,2-4,7-11,26H2,1H3;1-2,7,11,15H,3-6,14H2;7H,2-5H2,1H3;1H4;4*1H;/q;;;;;;;;;+1/p-1/t20?,22-;17?,19-;11-;;;;;;;/m111......./s1/i/hD. The first-order valence-corrected chi connectivity index (χ1v) is 40.4. The predicted molar refractivity (Wildman–Crippen MR) is 444 cm³/mol. The Bertz CT molecular complexity index is 4840. The number of aryl methyl sites for hydroxylation is 3. The first kappa shape index (κ1) is 91.0. The number of fused-ring (bicyclic) bond motifs is 6. The van der Waals surface area contributed by atoms with Gasteiger partial charge in [0.05, 0.1) is 29.2 Å². The molecule has 18 rings (SSSR count). The number of benzene rings is 3. The summed E-state index contributed by atoms with van der Waals surface area (Å²) in [5.41, 5.74) is 19.8. The van der Waals surface area contributed by atoms with Gasteiger partial charge in [-0.2, -0.15) is 15.3 Å². The topological polar surface area (TPSA) is 295 Å². The van der Waals surface area contributed by atoms with Crippen LogP contribution in [0.2, 0.25) is 5.15 Å². The Kier molecular flexibility index (Phi) is 30.9. The third-order valence-corrected chi connectivity index (χ3v) is 24.1. The third kappa shape index (κ3) is 19.1. The quantitative estimate of drug-likeness (QED) is 0.0684. The van der Waals surface area contributed by atoms with Crippen molar-refractivity contribution in [3.8, 4) is 17.2 Å². The number of anilines is 2. The number of piperidine rings is 3. The summed E-state index contributed by atoms with van der Waals surface area (Å²) in [5, 5.41) is 20.6. The molecule has 6 N–H and O–H groups in total. The zero-order valence-corrected chi connectivity index (χ0v) is 75.0. The van der Waals surface area contributed by atoms with Gasteiger partial charge >= 0.3 is 57.5 Å². The maximum Gasteiger partial charge on any atom is 1.00 e. The van der Waals surface area contributed by atoms with Crippen molar-refractivity contribution in [1.29, 1.82) is 1.45 Å². The van der Waals surface area contributed by atoms with Gasteiger partial charge in [-0.3, -0.25) is 4.72 Å². The van der Waals surface area contributed by atoms with E-state index in [1.54, 1.807) is 18.2 Å². The normalized spacial score (nSPS) is 22.1. The Morgan fingerprint density at radius 1 is 0.575 bits per heavy atom. The van der Waals surface area contributed by atoms with E-state index in [4.69, 9.17) is 91.1 Å². The van der Waals surface area contributed by atoms with Crippen LogP contribution in [0.25, 0.3) is 33.5 Å². The largest absolute Gasteiger partial charge is 1.00 e. The van der Waals surface area contributed by atoms with Crippen molar-refractivity contribution in [2.24, 2.45) is 11.5 Å². The summed E-state index contributed by atoms with van der Waals surface area (Å²) in [6.07, 6.45) is 13.0. The van der Waals surface area contributed by atoms with Gasteiger partial charge in [0.2, 0.25) is 0 Å². The van der Waals surface area contributed by atoms with Crippen LogP contribution < -0.4 is 102 Å². The summed E-state index contributed by atoms with van der Waals surface area (Å²) in [4.78, 5) is 46.0. The van der Waals surface area contributed by atoms with E-state index >= 15 is 0 Å². The fraction of sp³-hybridized carbons (Fsp3) is 0.547. The molecule has 113 heavy (non-hydrogen) atoms. The van der Waals surface area contributed by atoms with E-state index in [-0.39, 0.29) is 142 Å². The molecule has 9 aliphatic heterocycles. The number of carbonyl (C=O) groups is 1. The van der Waals surface area contributed by atoms with Gasteiger partial charge in [-0.25, -0.2) is 61.9 Å². The number of alkyl carbamates (subject to hydrolysis) is 1.